The van der Waals surface area contributed by atoms with E-state index in [0.29, 0.717) is 19.3 Å². The van der Waals surface area contributed by atoms with Crippen molar-refractivity contribution in [3.05, 3.63) is 0 Å². The molecule has 0 radical (unpaired) electrons. The van der Waals surface area contributed by atoms with Crippen LogP contribution in [0.15, 0.2) is 0 Å². The Balaban J connectivity index is -0.000000359. The van der Waals surface area contributed by atoms with Crippen LogP contribution in [0.25, 0.3) is 0 Å². The van der Waals surface area contributed by atoms with E-state index in [-0.39, 0.29) is 42.2 Å². The molecule has 1 aliphatic rings. The van der Waals surface area contributed by atoms with E-state index >= 15 is 0 Å². The summed E-state index contributed by atoms with van der Waals surface area (Å²) in [5.41, 5.74) is 10.4. The van der Waals surface area contributed by atoms with Gasteiger partial charge in [-0.25, -0.2) is 0 Å². The molecule has 1 aliphatic heterocycles. The predicted molar refractivity (Wildman–Crippen MR) is 101 cm³/mol. The highest BCUT2D eigenvalue weighted by Crippen LogP contribution is 2.07. The minimum atomic E-state index is -0.533. The summed E-state index contributed by atoms with van der Waals surface area (Å²) in [4.78, 5) is 42.9. The van der Waals surface area contributed by atoms with Gasteiger partial charge in [0.15, 0.2) is 0 Å². The van der Waals surface area contributed by atoms with Gasteiger partial charge in [-0.15, -0.1) is 0 Å². The van der Waals surface area contributed by atoms with Gasteiger partial charge in [-0.2, -0.15) is 0 Å². The summed E-state index contributed by atoms with van der Waals surface area (Å²) < 4.78 is 0. The van der Waals surface area contributed by atoms with Gasteiger partial charge in [0.2, 0.25) is 23.6 Å². The molecule has 10 heteroatoms. The van der Waals surface area contributed by atoms with E-state index in [0.717, 1.165) is 12.8 Å². The van der Waals surface area contributed by atoms with Crippen molar-refractivity contribution in [3.8, 4) is 0 Å². The number of nitrogens with one attached hydrogen (secondary N) is 3. The third kappa shape index (κ3) is 14.2. The molecule has 26 heavy (non-hydrogen) atoms. The first kappa shape index (κ1) is 28.6. The highest BCUT2D eigenvalue weighted by atomic mass is 16.2. The molecular formula is C16H36N6O4. The van der Waals surface area contributed by atoms with Crippen LogP contribution in [-0.4, -0.2) is 49.8 Å². The van der Waals surface area contributed by atoms with Gasteiger partial charge in [-0.1, -0.05) is 13.8 Å². The maximum absolute atomic E-state index is 11.0. The number of nitrogens with two attached hydrogens (primary N) is 2. The molecule has 0 bridgehead atoms. The number of rotatable bonds is 6. The molecule has 2 atom stereocenters. The monoisotopic (exact) mass is 376 g/mol. The summed E-state index contributed by atoms with van der Waals surface area (Å²) in [6.07, 6.45) is 3.44. The number of hydrogen-bond acceptors (Lipinski definition) is 6. The number of piperidine rings is 1. The van der Waals surface area contributed by atoms with E-state index < -0.39 is 6.04 Å². The molecular weight excluding hydrogens is 340 g/mol. The number of likely N-dealkylation sites (N-methyl/N-ethyl adjacent to an activating group) is 2. The Labute approximate surface area is 155 Å². The molecule has 1 heterocycles. The maximum atomic E-state index is 11.0. The molecule has 10 nitrogen and oxygen atoms in total. The smallest absolute Gasteiger partial charge is 0.242 e. The van der Waals surface area contributed by atoms with E-state index in [1.807, 2.05) is 13.8 Å². The Morgan fingerprint density at radius 2 is 1.81 bits per heavy atom. The van der Waals surface area contributed by atoms with Crippen molar-refractivity contribution < 1.29 is 19.2 Å². The molecule has 4 amide bonds. The lowest BCUT2D eigenvalue weighted by molar-refractivity contribution is -0.130. The number of hydrogen-bond donors (Lipinski definition) is 6. The topological polar surface area (TPSA) is 191 Å². The van der Waals surface area contributed by atoms with Crippen LogP contribution in [0.5, 0.6) is 0 Å². The van der Waals surface area contributed by atoms with Crippen LogP contribution in [-0.2, 0) is 19.2 Å². The van der Waals surface area contributed by atoms with Gasteiger partial charge in [0.1, 0.15) is 6.04 Å². The van der Waals surface area contributed by atoms with E-state index in [1.54, 1.807) is 7.05 Å². The number of carbonyl (C=O) groups is 4. The second kappa shape index (κ2) is 17.6. The quantitative estimate of drug-likeness (QED) is 0.355. The van der Waals surface area contributed by atoms with Crippen molar-refractivity contribution in [1.82, 2.24) is 22.1 Å². The molecule has 0 spiro atoms. The van der Waals surface area contributed by atoms with Crippen molar-refractivity contribution in [2.45, 2.75) is 64.5 Å². The largest absolute Gasteiger partial charge is 0.370 e. The van der Waals surface area contributed by atoms with Crippen LogP contribution in [0.2, 0.25) is 0 Å². The molecule has 2 unspecified atom stereocenters. The SMILES string of the molecule is CC.CNC(=O)C(N)CCCC(N)=O.CNC(=O)C1CCCC(=O)N1.N. The van der Waals surface area contributed by atoms with Crippen molar-refractivity contribution in [2.24, 2.45) is 11.5 Å². The first-order chi connectivity index (χ1) is 11.8. The van der Waals surface area contributed by atoms with Crippen molar-refractivity contribution >= 4 is 23.6 Å². The number of amides is 4. The zero-order chi connectivity index (χ0) is 19.8. The Hall–Kier alpha value is -2.20. The Morgan fingerprint density at radius 1 is 1.23 bits per heavy atom. The van der Waals surface area contributed by atoms with Gasteiger partial charge >= 0.3 is 0 Å². The molecule has 1 rings (SSSR count). The normalized spacial score (nSPS) is 16.0. The third-order valence-corrected chi connectivity index (χ3v) is 3.32. The van der Waals surface area contributed by atoms with Crippen molar-refractivity contribution in [2.75, 3.05) is 14.1 Å². The van der Waals surface area contributed by atoms with Crippen molar-refractivity contribution in [1.29, 1.82) is 0 Å². The van der Waals surface area contributed by atoms with Gasteiger partial charge in [0.25, 0.3) is 0 Å². The Kier molecular flexibility index (Phi) is 19.4. The van der Waals surface area contributed by atoms with Gasteiger partial charge < -0.3 is 33.6 Å². The molecule has 0 aromatic heterocycles. The maximum Gasteiger partial charge on any atom is 0.242 e. The summed E-state index contributed by atoms with van der Waals surface area (Å²) in [5, 5.41) is 7.54. The van der Waals surface area contributed by atoms with Crippen molar-refractivity contribution in [3.63, 3.8) is 0 Å². The fourth-order valence-electron chi connectivity index (χ4n) is 1.99. The van der Waals surface area contributed by atoms with Crippen LogP contribution in [0.1, 0.15) is 52.4 Å². The van der Waals surface area contributed by atoms with E-state index in [4.69, 9.17) is 11.5 Å². The molecule has 0 aromatic carbocycles. The highest BCUT2D eigenvalue weighted by molar-refractivity contribution is 5.88. The average Bonchev–Trinajstić information content (AvgIpc) is 2.62. The van der Waals surface area contributed by atoms with Crippen LogP contribution in [0.3, 0.4) is 0 Å². The van der Waals surface area contributed by atoms with Gasteiger partial charge in [0, 0.05) is 26.9 Å². The predicted octanol–water partition coefficient (Wildman–Crippen LogP) is -0.695. The van der Waals surface area contributed by atoms with Crippen LogP contribution in [0.4, 0.5) is 0 Å². The average molecular weight is 377 g/mol. The number of primary amides is 1. The summed E-state index contributed by atoms with van der Waals surface area (Å²) in [5.74, 6) is -0.693. The molecule has 10 N–H and O–H groups in total. The molecule has 154 valence electrons. The Bertz CT molecular complexity index is 431. The molecule has 1 saturated heterocycles. The lowest BCUT2D eigenvalue weighted by atomic mass is 10.0. The summed E-state index contributed by atoms with van der Waals surface area (Å²) >= 11 is 0. The second-order valence-electron chi connectivity index (χ2n) is 5.21. The summed E-state index contributed by atoms with van der Waals surface area (Å²) in [7, 11) is 3.10. The van der Waals surface area contributed by atoms with Crippen LogP contribution in [0, 0.1) is 0 Å². The number of carbonyl (C=O) groups excluding carboxylic acids is 4. The highest BCUT2D eigenvalue weighted by Gasteiger charge is 2.23. The first-order valence-electron chi connectivity index (χ1n) is 8.58. The third-order valence-electron chi connectivity index (χ3n) is 3.32. The van der Waals surface area contributed by atoms with E-state index in [9.17, 15) is 19.2 Å². The minimum absolute atomic E-state index is 0. The fourth-order valence-corrected chi connectivity index (χ4v) is 1.99. The van der Waals surface area contributed by atoms with E-state index in [2.05, 4.69) is 16.0 Å². The lowest BCUT2D eigenvalue weighted by Gasteiger charge is -2.21. The van der Waals surface area contributed by atoms with Gasteiger partial charge in [-0.3, -0.25) is 19.2 Å². The van der Waals surface area contributed by atoms with Crippen LogP contribution < -0.4 is 33.6 Å². The second-order valence-corrected chi connectivity index (χ2v) is 5.21. The fraction of sp³-hybridized carbons (Fsp3) is 0.750. The molecule has 0 aromatic rings. The standard InChI is InChI=1S/C7H15N3O2.C7H12N2O2.C2H6.H3N/c1-10-7(12)5(8)3-2-4-6(9)11;1-8-7(11)5-3-2-4-6(10)9-5;1-2;/h5H,2-4,8H2,1H3,(H2,9,11)(H,10,12);5H,2-4H2,1H3,(H,8,11)(H,9,10);1-2H3;1H3. The zero-order valence-electron chi connectivity index (χ0n) is 16.4. The zero-order valence-corrected chi connectivity index (χ0v) is 16.4. The van der Waals surface area contributed by atoms with Gasteiger partial charge in [0.05, 0.1) is 6.04 Å². The van der Waals surface area contributed by atoms with Crippen LogP contribution >= 0.6 is 0 Å². The Morgan fingerprint density at radius 3 is 2.23 bits per heavy atom. The summed E-state index contributed by atoms with van der Waals surface area (Å²) in [6, 6.07) is -0.837. The molecule has 0 aliphatic carbocycles. The molecule has 1 fully saturated rings. The first-order valence-corrected chi connectivity index (χ1v) is 8.58. The van der Waals surface area contributed by atoms with Gasteiger partial charge in [-0.05, 0) is 25.7 Å². The lowest BCUT2D eigenvalue weighted by Crippen LogP contribution is -2.48. The van der Waals surface area contributed by atoms with E-state index in [1.165, 1.54) is 7.05 Å². The summed E-state index contributed by atoms with van der Waals surface area (Å²) in [6.45, 7) is 4.00. The molecule has 0 saturated carbocycles. The minimum Gasteiger partial charge on any atom is -0.370 e.